The molecule has 15 rings (SSSR count). The van der Waals surface area contributed by atoms with Gasteiger partial charge in [0.25, 0.3) is 20.2 Å². The summed E-state index contributed by atoms with van der Waals surface area (Å²) in [6.07, 6.45) is -0.644. The SMILES string of the molecule is C=C(C)C(=O)OC1C2CC3C(=O)OC1C3O2.C=C(C)C(=O)OC1C2CC3C1OS(=O)(=O)C3C2.C=C(C)C(=O)OCC(=O)OC1C2CC3C(=O)OC1C3C2.C=C(C)C(=O)OCC(=O)OC1C2CC3C(=O)OC1C3O2.C=C(C)C(=O)OCC(=O)OC1C2CC3C1OS(=O)(=O)C3C2. The Morgan fingerprint density at radius 2 is 0.691 bits per heavy atom. The third-order valence-corrected chi connectivity index (χ3v) is 23.4. The summed E-state index contributed by atoms with van der Waals surface area (Å²) in [5, 5.41) is -0.832. The highest BCUT2D eigenvalue weighted by molar-refractivity contribution is 7.88. The zero-order valence-electron chi connectivity index (χ0n) is 51.8. The van der Waals surface area contributed by atoms with E-state index in [0.717, 1.165) is 19.3 Å². The molecule has 9 aliphatic heterocycles. The van der Waals surface area contributed by atoms with Gasteiger partial charge in [-0.2, -0.15) is 16.8 Å². The van der Waals surface area contributed by atoms with Crippen LogP contribution >= 0.6 is 0 Å². The molecule has 25 unspecified atom stereocenters. The normalized spacial score (nSPS) is 39.6. The molecule has 9 saturated heterocycles. The van der Waals surface area contributed by atoms with Crippen molar-refractivity contribution in [2.24, 2.45) is 53.3 Å². The first-order valence-electron chi connectivity index (χ1n) is 30.8. The van der Waals surface area contributed by atoms with Crippen molar-refractivity contribution in [2.45, 2.75) is 182 Å². The highest BCUT2D eigenvalue weighted by Crippen LogP contribution is 2.58. The molecule has 0 aromatic carbocycles. The lowest BCUT2D eigenvalue weighted by atomic mass is 9.88. The van der Waals surface area contributed by atoms with E-state index in [0.29, 0.717) is 43.3 Å². The number of carbonyl (C=O) groups excluding carboxylic acids is 11. The van der Waals surface area contributed by atoms with Gasteiger partial charge in [0, 0.05) is 63.4 Å². The van der Waals surface area contributed by atoms with Crippen LogP contribution in [0.5, 0.6) is 0 Å². The molecule has 0 radical (unpaired) electrons. The first-order valence-corrected chi connectivity index (χ1v) is 33.7. The lowest BCUT2D eigenvalue weighted by molar-refractivity contribution is -0.168. The maximum absolute atomic E-state index is 11.8. The van der Waals surface area contributed by atoms with Gasteiger partial charge in [-0.05, 0) is 86.0 Å². The van der Waals surface area contributed by atoms with E-state index in [4.69, 9.17) is 69.9 Å². The van der Waals surface area contributed by atoms with Gasteiger partial charge in [0.15, 0.2) is 44.2 Å². The zero-order chi connectivity index (χ0) is 68.1. The molecule has 0 N–H and O–H groups in total. The van der Waals surface area contributed by atoms with Crippen LogP contribution in [0, 0.1) is 53.3 Å². The minimum atomic E-state index is -3.53. The predicted molar refractivity (Wildman–Crippen MR) is 307 cm³/mol. The molecule has 10 bridgehead atoms. The van der Waals surface area contributed by atoms with Crippen LogP contribution < -0.4 is 0 Å². The molecule has 9 heterocycles. The highest BCUT2D eigenvalue weighted by atomic mass is 32.2. The number of rotatable bonds is 16. The van der Waals surface area contributed by atoms with Crippen molar-refractivity contribution in [2.75, 3.05) is 19.8 Å². The maximum Gasteiger partial charge on any atom is 0.344 e. The first kappa shape index (κ1) is 68.0. The molecule has 15 aliphatic rings. The van der Waals surface area contributed by atoms with Gasteiger partial charge in [-0.1, -0.05) is 32.9 Å². The van der Waals surface area contributed by atoms with Crippen molar-refractivity contribution in [3.05, 3.63) is 60.8 Å². The van der Waals surface area contributed by atoms with Crippen LogP contribution in [0.3, 0.4) is 0 Å². The minimum Gasteiger partial charge on any atom is -0.458 e. The van der Waals surface area contributed by atoms with Crippen LogP contribution in [-0.4, -0.2) is 198 Å². The molecule has 6 aliphatic carbocycles. The Morgan fingerprint density at radius 1 is 0.372 bits per heavy atom. The van der Waals surface area contributed by atoms with Crippen molar-refractivity contribution in [3.8, 4) is 0 Å². The van der Waals surface area contributed by atoms with Gasteiger partial charge in [0.1, 0.15) is 48.8 Å². The van der Waals surface area contributed by atoms with Crippen LogP contribution in [0.15, 0.2) is 60.8 Å². The summed E-state index contributed by atoms with van der Waals surface area (Å²) in [4.78, 5) is 126. The Labute approximate surface area is 539 Å². The first-order chi connectivity index (χ1) is 44.2. The topological polar surface area (TPSA) is 394 Å². The van der Waals surface area contributed by atoms with E-state index in [1.165, 1.54) is 20.8 Å². The molecule has 94 heavy (non-hydrogen) atoms. The molecule has 25 atom stereocenters. The molecule has 30 nitrogen and oxygen atoms in total. The van der Waals surface area contributed by atoms with Crippen LogP contribution in [0.2, 0.25) is 0 Å². The van der Waals surface area contributed by atoms with Gasteiger partial charge in [0.2, 0.25) is 0 Å². The summed E-state index contributed by atoms with van der Waals surface area (Å²) < 4.78 is 124. The van der Waals surface area contributed by atoms with Crippen molar-refractivity contribution in [1.82, 2.24) is 0 Å². The minimum absolute atomic E-state index is 0.00284. The van der Waals surface area contributed by atoms with E-state index in [2.05, 4.69) is 32.9 Å². The molecular weight excluding hydrogens is 1290 g/mol. The van der Waals surface area contributed by atoms with Crippen LogP contribution in [-0.2, 0) is 143 Å². The van der Waals surface area contributed by atoms with Gasteiger partial charge in [-0.15, -0.1) is 0 Å². The van der Waals surface area contributed by atoms with Crippen LogP contribution in [0.4, 0.5) is 0 Å². The smallest absolute Gasteiger partial charge is 0.344 e. The Balaban J connectivity index is 0.000000120. The van der Waals surface area contributed by atoms with E-state index < -0.39 is 148 Å². The van der Waals surface area contributed by atoms with E-state index in [-0.39, 0.29) is 124 Å². The van der Waals surface area contributed by atoms with E-state index in [1.54, 1.807) is 13.8 Å². The lowest BCUT2D eigenvalue weighted by Gasteiger charge is -2.25. The zero-order valence-corrected chi connectivity index (χ0v) is 53.4. The number of esters is 11. The fourth-order valence-corrected chi connectivity index (χ4v) is 19.4. The number of ether oxygens (including phenoxy) is 13. The molecule has 0 aromatic rings. The fraction of sp³-hybridized carbons (Fsp3) is 0.661. The molecule has 6 saturated carbocycles. The third kappa shape index (κ3) is 13.0. The molecule has 15 fully saturated rings. The summed E-state index contributed by atoms with van der Waals surface area (Å²) in [7, 11) is -6.96. The van der Waals surface area contributed by atoms with Gasteiger partial charge in [-0.25, -0.2) is 38.4 Å². The third-order valence-electron chi connectivity index (χ3n) is 19.8. The molecule has 32 heteroatoms. The second-order valence-electron chi connectivity index (χ2n) is 26.4. The van der Waals surface area contributed by atoms with E-state index in [1.807, 2.05) is 0 Å². The van der Waals surface area contributed by atoms with Crippen LogP contribution in [0.1, 0.15) is 86.0 Å². The number of hydrogen-bond donors (Lipinski definition) is 0. The Bertz CT molecular complexity index is 3450. The standard InChI is InChI=1S/C14H16O6.C13H16O7S.C13H14O7.C11H14O5S.C11H12O5/c1-6(2)13(16)18-5-10(15)19-11-7-3-8-9(4-7)14(17)20-12(8)11;1-6(2)13(15)18-5-10(14)19-11-7-3-8-9(4-7)21(16,17)20-12(8)11;1-5(2)12(15)17-4-8(14)19-10-7-3-6-9(18-7)11(10)20-13(6)16;1-5(2)11(12)15-9-6-3-7-8(4-6)17(13,14)16-10(7)9;1-4(2)10(12)15-8-6-3-5-7(14-6)9(8)16-11(5)13/h7-9,11-12H,1,3-5H2,2H3;7-9,11-12H,1,3-5H2,2H3;6-7,9-11H,1,3-4H2,2H3;6-10H,1,3-4H2,2H3;5-9H,1,3H2,2H3. The second-order valence-corrected chi connectivity index (χ2v) is 29.9. The number of fused-ring (bicyclic) bond motifs is 5. The van der Waals surface area contributed by atoms with E-state index in [9.17, 15) is 69.6 Å². The van der Waals surface area contributed by atoms with Gasteiger partial charge in [-0.3, -0.25) is 22.7 Å². The maximum atomic E-state index is 11.8. The molecular formula is C62H72O30S2. The quantitative estimate of drug-likeness (QED) is 0.0909. The number of carbonyl (C=O) groups is 11. The van der Waals surface area contributed by atoms with Crippen molar-refractivity contribution in [3.63, 3.8) is 0 Å². The van der Waals surface area contributed by atoms with Gasteiger partial charge in [0.05, 0.1) is 40.5 Å². The Hall–Kier alpha value is -7.39. The van der Waals surface area contributed by atoms with Crippen molar-refractivity contribution in [1.29, 1.82) is 0 Å². The monoisotopic (exact) mass is 1360 g/mol. The van der Waals surface area contributed by atoms with Crippen molar-refractivity contribution < 1.29 is 140 Å². The summed E-state index contributed by atoms with van der Waals surface area (Å²) in [5.74, 6) is -5.57. The summed E-state index contributed by atoms with van der Waals surface area (Å²) >= 11 is 0. The Morgan fingerprint density at radius 3 is 1.10 bits per heavy atom. The molecule has 0 spiro atoms. The summed E-state index contributed by atoms with van der Waals surface area (Å²) in [5.41, 5.74) is 1.28. The summed E-state index contributed by atoms with van der Waals surface area (Å²) in [6.45, 7) is 23.4. The summed E-state index contributed by atoms with van der Waals surface area (Å²) in [6, 6.07) is 0. The molecule has 0 aromatic heterocycles. The Kier molecular flexibility index (Phi) is 18.8. The van der Waals surface area contributed by atoms with Gasteiger partial charge < -0.3 is 61.6 Å². The fourth-order valence-electron chi connectivity index (χ4n) is 15.7. The second kappa shape index (κ2) is 26.0. The highest BCUT2D eigenvalue weighted by Gasteiger charge is 2.69. The molecule has 512 valence electrons. The predicted octanol–water partition coefficient (Wildman–Crippen LogP) is 1.28. The van der Waals surface area contributed by atoms with Gasteiger partial charge >= 0.3 is 65.7 Å². The van der Waals surface area contributed by atoms with E-state index >= 15 is 0 Å². The largest absolute Gasteiger partial charge is 0.458 e. The molecule has 0 amide bonds. The average molecular weight is 1360 g/mol. The van der Waals surface area contributed by atoms with Crippen LogP contribution in [0.25, 0.3) is 0 Å². The lowest BCUT2D eigenvalue weighted by Crippen LogP contribution is -2.40. The number of hydrogen-bond acceptors (Lipinski definition) is 30. The average Bonchev–Trinajstić information content (AvgIpc) is 1.59. The van der Waals surface area contributed by atoms with Crippen molar-refractivity contribution >= 4 is 85.9 Å².